The van der Waals surface area contributed by atoms with Crippen molar-refractivity contribution in [1.82, 2.24) is 15.1 Å². The van der Waals surface area contributed by atoms with Crippen molar-refractivity contribution in [3.63, 3.8) is 0 Å². The van der Waals surface area contributed by atoms with E-state index < -0.39 is 0 Å². The molecular formula is C30H42N6. The summed E-state index contributed by atoms with van der Waals surface area (Å²) in [6, 6.07) is 7.48. The van der Waals surface area contributed by atoms with Gasteiger partial charge in [0.1, 0.15) is 5.82 Å². The Morgan fingerprint density at radius 1 is 1.22 bits per heavy atom. The summed E-state index contributed by atoms with van der Waals surface area (Å²) in [5.74, 6) is 1.02. The van der Waals surface area contributed by atoms with Crippen molar-refractivity contribution in [3.05, 3.63) is 65.7 Å². The molecule has 192 valence electrons. The second-order valence-electron chi connectivity index (χ2n) is 10.0. The lowest BCUT2D eigenvalue weighted by atomic mass is 9.94. The predicted octanol–water partition coefficient (Wildman–Crippen LogP) is 4.83. The highest BCUT2D eigenvalue weighted by molar-refractivity contribution is 6.05. The molecular weight excluding hydrogens is 444 g/mol. The first-order chi connectivity index (χ1) is 17.4. The van der Waals surface area contributed by atoms with Crippen molar-refractivity contribution in [2.75, 3.05) is 51.7 Å². The zero-order chi connectivity index (χ0) is 25.8. The average Bonchev–Trinajstić information content (AvgIpc) is 3.78. The van der Waals surface area contributed by atoms with Gasteiger partial charge in [-0.05, 0) is 57.0 Å². The van der Waals surface area contributed by atoms with Gasteiger partial charge in [-0.15, -0.1) is 0 Å². The van der Waals surface area contributed by atoms with Crippen LogP contribution < -0.4 is 10.2 Å². The van der Waals surface area contributed by atoms with E-state index in [0.717, 1.165) is 63.5 Å². The molecule has 4 rings (SSSR count). The Labute approximate surface area is 217 Å². The molecule has 0 bridgehead atoms. The third-order valence-corrected chi connectivity index (χ3v) is 8.05. The van der Waals surface area contributed by atoms with E-state index in [0.29, 0.717) is 12.1 Å². The van der Waals surface area contributed by atoms with Crippen LogP contribution in [0.2, 0.25) is 0 Å². The number of piperidine rings is 2. The van der Waals surface area contributed by atoms with Crippen LogP contribution in [0.4, 0.5) is 5.69 Å². The van der Waals surface area contributed by atoms with Crippen LogP contribution in [0.1, 0.15) is 44.2 Å². The van der Waals surface area contributed by atoms with Gasteiger partial charge in [-0.1, -0.05) is 37.4 Å². The smallest absolute Gasteiger partial charge is 0.132 e. The molecule has 0 spiro atoms. The van der Waals surface area contributed by atoms with Crippen molar-refractivity contribution in [1.29, 1.82) is 0 Å². The fraction of sp³-hybridized carbons (Fsp3) is 0.467. The number of likely N-dealkylation sites (N-methyl/N-ethyl adjacent to an activating group) is 1. The minimum Gasteiger partial charge on any atom is -0.374 e. The molecule has 1 unspecified atom stereocenters. The number of hydrogen-bond donors (Lipinski definition) is 1. The van der Waals surface area contributed by atoms with Crippen LogP contribution in [-0.4, -0.2) is 81.1 Å². The van der Waals surface area contributed by atoms with Crippen molar-refractivity contribution in [2.24, 2.45) is 9.98 Å². The van der Waals surface area contributed by atoms with Gasteiger partial charge in [0.05, 0.1) is 18.3 Å². The van der Waals surface area contributed by atoms with Crippen LogP contribution in [-0.2, 0) is 0 Å². The second kappa shape index (κ2) is 11.3. The molecule has 6 nitrogen and oxygen atoms in total. The van der Waals surface area contributed by atoms with E-state index in [1.54, 1.807) is 0 Å². The molecule has 1 N–H and O–H groups in total. The number of allylic oxidation sites excluding steroid dienone is 2. The Balaban J connectivity index is 1.52. The average molecular weight is 487 g/mol. The maximum Gasteiger partial charge on any atom is 0.132 e. The van der Waals surface area contributed by atoms with Gasteiger partial charge in [0.2, 0.25) is 0 Å². The van der Waals surface area contributed by atoms with E-state index in [9.17, 15) is 0 Å². The van der Waals surface area contributed by atoms with Gasteiger partial charge in [-0.2, -0.15) is 0 Å². The van der Waals surface area contributed by atoms with Crippen LogP contribution in [0.3, 0.4) is 0 Å². The summed E-state index contributed by atoms with van der Waals surface area (Å²) < 4.78 is 0. The summed E-state index contributed by atoms with van der Waals surface area (Å²) in [6.07, 6.45) is 7.22. The van der Waals surface area contributed by atoms with E-state index in [1.165, 1.54) is 33.7 Å². The van der Waals surface area contributed by atoms with Gasteiger partial charge < -0.3 is 20.0 Å². The van der Waals surface area contributed by atoms with Gasteiger partial charge in [-0.3, -0.25) is 4.99 Å². The van der Waals surface area contributed by atoms with E-state index in [1.807, 2.05) is 13.1 Å². The summed E-state index contributed by atoms with van der Waals surface area (Å²) in [5, 5.41) is 3.37. The van der Waals surface area contributed by atoms with Gasteiger partial charge in [0.25, 0.3) is 0 Å². The number of aliphatic imine (C=N–C) groups is 2. The minimum atomic E-state index is 0.471. The fourth-order valence-corrected chi connectivity index (χ4v) is 5.59. The normalized spacial score (nSPS) is 23.5. The minimum absolute atomic E-state index is 0.471. The quantitative estimate of drug-likeness (QED) is 0.423. The Morgan fingerprint density at radius 3 is 2.53 bits per heavy atom. The maximum atomic E-state index is 4.74. The number of rotatable bonds is 8. The Kier molecular flexibility index (Phi) is 8.14. The van der Waals surface area contributed by atoms with E-state index in [4.69, 9.17) is 4.99 Å². The van der Waals surface area contributed by atoms with Gasteiger partial charge in [0, 0.05) is 68.8 Å². The first kappa shape index (κ1) is 26.0. The van der Waals surface area contributed by atoms with Gasteiger partial charge >= 0.3 is 0 Å². The van der Waals surface area contributed by atoms with Crippen LogP contribution in [0.5, 0.6) is 0 Å². The van der Waals surface area contributed by atoms with Crippen molar-refractivity contribution in [3.8, 4) is 0 Å². The maximum absolute atomic E-state index is 4.74. The topological polar surface area (TPSA) is 56.4 Å². The zero-order valence-corrected chi connectivity index (χ0v) is 22.6. The molecule has 1 atom stereocenters. The highest BCUT2D eigenvalue weighted by Gasteiger charge is 2.32. The number of nitrogens with one attached hydrogen (secondary N) is 1. The van der Waals surface area contributed by atoms with Crippen molar-refractivity contribution < 1.29 is 0 Å². The fourth-order valence-electron chi connectivity index (χ4n) is 5.59. The molecule has 36 heavy (non-hydrogen) atoms. The molecule has 0 radical (unpaired) electrons. The molecule has 3 saturated heterocycles. The number of anilines is 1. The standard InChI is InChI=1S/C30H42N6/c1-8-21(3)29-23(9-2)11-10-12-28(29)36-18-15-25(27(20-36)31-5)30(32-6)35-16-13-24(14-17-35)34(7)22(4)26-19-33-26/h8-12,24,26,33H,2,4,6,13-20H2,1,3,5,7H3/b21-8-,30-25+,31-27?. The summed E-state index contributed by atoms with van der Waals surface area (Å²) in [7, 11) is 4.09. The molecule has 0 aliphatic carbocycles. The molecule has 3 heterocycles. The summed E-state index contributed by atoms with van der Waals surface area (Å²) >= 11 is 0. The number of nitrogens with zero attached hydrogens (tertiary/aromatic N) is 5. The molecule has 1 aromatic carbocycles. The molecule has 0 aromatic heterocycles. The van der Waals surface area contributed by atoms with Gasteiger partial charge in [0.15, 0.2) is 0 Å². The summed E-state index contributed by atoms with van der Waals surface area (Å²) in [4.78, 5) is 16.5. The van der Waals surface area contributed by atoms with Crippen LogP contribution in [0, 0.1) is 0 Å². The third kappa shape index (κ3) is 5.19. The highest BCUT2D eigenvalue weighted by Crippen LogP contribution is 2.34. The first-order valence-corrected chi connectivity index (χ1v) is 13.1. The van der Waals surface area contributed by atoms with Crippen LogP contribution >= 0.6 is 0 Å². The SMILES string of the molecule is C=Cc1cccc(N2CC/C(=C(/N=C)N3CCC(N(C)C(=C)C4CN4)CC3)C(=NC)C2)c1/C(C)=C\C. The number of likely N-dealkylation sites (tertiary alicyclic amines) is 1. The number of benzene rings is 1. The molecule has 3 aliphatic heterocycles. The van der Waals surface area contributed by atoms with Crippen molar-refractivity contribution in [2.45, 2.75) is 45.2 Å². The lowest BCUT2D eigenvalue weighted by molar-refractivity contribution is 0.172. The third-order valence-electron chi connectivity index (χ3n) is 8.05. The highest BCUT2D eigenvalue weighted by atomic mass is 15.3. The monoisotopic (exact) mass is 486 g/mol. The Hall–Kier alpha value is -3.12. The van der Waals surface area contributed by atoms with E-state index in [2.05, 4.69) is 90.1 Å². The molecule has 6 heteroatoms. The van der Waals surface area contributed by atoms with E-state index >= 15 is 0 Å². The second-order valence-corrected chi connectivity index (χ2v) is 10.0. The number of hydrogen-bond acceptors (Lipinski definition) is 6. The molecule has 0 amide bonds. The molecule has 3 fully saturated rings. The lowest BCUT2D eigenvalue weighted by Crippen LogP contribution is -2.44. The summed E-state index contributed by atoms with van der Waals surface area (Å²) in [6.45, 7) is 21.3. The van der Waals surface area contributed by atoms with E-state index in [-0.39, 0.29) is 0 Å². The Morgan fingerprint density at radius 2 is 1.94 bits per heavy atom. The lowest BCUT2D eigenvalue weighted by Gasteiger charge is -2.41. The zero-order valence-electron chi connectivity index (χ0n) is 22.6. The van der Waals surface area contributed by atoms with Crippen LogP contribution in [0.25, 0.3) is 11.6 Å². The summed E-state index contributed by atoms with van der Waals surface area (Å²) in [5.41, 5.74) is 8.49. The molecule has 3 aliphatic rings. The molecule has 1 aromatic rings. The van der Waals surface area contributed by atoms with Crippen LogP contribution in [0.15, 0.2) is 64.5 Å². The largest absolute Gasteiger partial charge is 0.374 e. The predicted molar refractivity (Wildman–Crippen MR) is 156 cm³/mol. The Bertz CT molecular complexity index is 1100. The first-order valence-electron chi connectivity index (χ1n) is 13.1. The molecule has 0 saturated carbocycles. The van der Waals surface area contributed by atoms with Gasteiger partial charge in [-0.25, -0.2) is 4.99 Å². The van der Waals surface area contributed by atoms with Crippen molar-refractivity contribution >= 4 is 29.8 Å².